The van der Waals surface area contributed by atoms with E-state index in [1.54, 1.807) is 12.3 Å². The Bertz CT molecular complexity index is 246. The Hall–Kier alpha value is -0.860. The summed E-state index contributed by atoms with van der Waals surface area (Å²) in [5.41, 5.74) is 0.881. The number of hydrogen-bond donors (Lipinski definition) is 1. The molecule has 0 aliphatic carbocycles. The van der Waals surface area contributed by atoms with Crippen LogP contribution in [0.15, 0.2) is 29.4 Å². The smallest absolute Gasteiger partial charge is 0.204 e. The molecule has 1 heterocycles. The molecule has 0 spiro atoms. The Balaban J connectivity index is 2.79. The highest BCUT2D eigenvalue weighted by atomic mass is 35.5. The van der Waals surface area contributed by atoms with Crippen molar-refractivity contribution in [2.45, 2.75) is 0 Å². The molecular weight excluding hydrogens is 162 g/mol. The van der Waals surface area contributed by atoms with Crippen LogP contribution in [0.4, 0.5) is 0 Å². The van der Waals surface area contributed by atoms with Crippen LogP contribution in [0, 0.1) is 0 Å². The van der Waals surface area contributed by atoms with E-state index in [0.717, 1.165) is 5.69 Å². The second-order valence-corrected chi connectivity index (χ2v) is 2.55. The number of H-pyrrole nitrogens is 1. The molecule has 11 heavy (non-hydrogen) atoms. The van der Waals surface area contributed by atoms with Crippen LogP contribution in [0.3, 0.4) is 0 Å². The highest BCUT2D eigenvalue weighted by Gasteiger charge is 1.95. The summed E-state index contributed by atoms with van der Waals surface area (Å²) in [6.45, 7) is -0.121. The van der Waals surface area contributed by atoms with Crippen molar-refractivity contribution < 1.29 is 10.1 Å². The SMILES string of the molecule is OC/C(Cl)=C/c1cccc[nH+]1. The van der Waals surface area contributed by atoms with Crippen LogP contribution in [-0.2, 0) is 0 Å². The molecule has 0 aliphatic rings. The Morgan fingerprint density at radius 2 is 2.45 bits per heavy atom. The third kappa shape index (κ3) is 2.70. The normalized spacial score (nSPS) is 11.6. The molecule has 0 aliphatic heterocycles. The number of aliphatic hydroxyl groups is 1. The zero-order valence-corrected chi connectivity index (χ0v) is 6.67. The maximum Gasteiger partial charge on any atom is 0.204 e. The third-order valence-electron chi connectivity index (χ3n) is 1.20. The van der Waals surface area contributed by atoms with Gasteiger partial charge in [-0.25, -0.2) is 4.98 Å². The van der Waals surface area contributed by atoms with Crippen molar-refractivity contribution in [1.82, 2.24) is 0 Å². The number of aliphatic hydroxyl groups excluding tert-OH is 1. The molecule has 0 saturated carbocycles. The topological polar surface area (TPSA) is 34.4 Å². The quantitative estimate of drug-likeness (QED) is 0.708. The lowest BCUT2D eigenvalue weighted by Gasteiger charge is -1.87. The Morgan fingerprint density at radius 3 is 3.00 bits per heavy atom. The van der Waals surface area contributed by atoms with E-state index < -0.39 is 0 Å². The lowest BCUT2D eigenvalue weighted by Crippen LogP contribution is -2.04. The van der Waals surface area contributed by atoms with Gasteiger partial charge in [-0.15, -0.1) is 0 Å². The molecule has 0 unspecified atom stereocenters. The van der Waals surface area contributed by atoms with Gasteiger partial charge in [0.15, 0.2) is 6.20 Å². The van der Waals surface area contributed by atoms with E-state index in [4.69, 9.17) is 16.7 Å². The Labute approximate surface area is 70.2 Å². The second kappa shape index (κ2) is 4.11. The molecule has 0 atom stereocenters. The molecule has 0 fully saturated rings. The van der Waals surface area contributed by atoms with Gasteiger partial charge in [0.2, 0.25) is 5.69 Å². The van der Waals surface area contributed by atoms with E-state index in [9.17, 15) is 0 Å². The van der Waals surface area contributed by atoms with Gasteiger partial charge in [0.1, 0.15) is 0 Å². The zero-order chi connectivity index (χ0) is 8.10. The molecule has 1 rings (SSSR count). The fourth-order valence-corrected chi connectivity index (χ4v) is 0.829. The van der Waals surface area contributed by atoms with Crippen LogP contribution >= 0.6 is 11.6 Å². The fraction of sp³-hybridized carbons (Fsp3) is 0.125. The van der Waals surface area contributed by atoms with E-state index in [1.165, 1.54) is 0 Å². The van der Waals surface area contributed by atoms with Crippen LogP contribution in [0.5, 0.6) is 0 Å². The number of hydrogen-bond acceptors (Lipinski definition) is 1. The molecule has 0 bridgehead atoms. The maximum atomic E-state index is 8.58. The van der Waals surface area contributed by atoms with E-state index in [2.05, 4.69) is 4.98 Å². The van der Waals surface area contributed by atoms with Gasteiger partial charge in [-0.3, -0.25) is 0 Å². The molecule has 2 N–H and O–H groups in total. The van der Waals surface area contributed by atoms with Crippen LogP contribution in [0.1, 0.15) is 5.69 Å². The first-order valence-electron chi connectivity index (χ1n) is 3.26. The Morgan fingerprint density at radius 1 is 1.64 bits per heavy atom. The highest BCUT2D eigenvalue weighted by Crippen LogP contribution is 2.03. The summed E-state index contributed by atoms with van der Waals surface area (Å²) in [7, 11) is 0. The number of aromatic nitrogens is 1. The van der Waals surface area contributed by atoms with Gasteiger partial charge in [-0.1, -0.05) is 11.6 Å². The van der Waals surface area contributed by atoms with Gasteiger partial charge in [-0.05, 0) is 6.07 Å². The second-order valence-electron chi connectivity index (χ2n) is 2.07. The van der Waals surface area contributed by atoms with Crippen LogP contribution in [-0.4, -0.2) is 11.7 Å². The van der Waals surface area contributed by atoms with Crippen molar-refractivity contribution in [2.75, 3.05) is 6.61 Å². The van der Waals surface area contributed by atoms with Crippen LogP contribution in [0.2, 0.25) is 0 Å². The minimum Gasteiger partial charge on any atom is -0.391 e. The number of halogens is 1. The lowest BCUT2D eigenvalue weighted by molar-refractivity contribution is -0.380. The molecule has 3 heteroatoms. The average Bonchev–Trinajstić information content (AvgIpc) is 2.06. The first-order chi connectivity index (χ1) is 5.33. The van der Waals surface area contributed by atoms with Gasteiger partial charge >= 0.3 is 0 Å². The zero-order valence-electron chi connectivity index (χ0n) is 5.92. The van der Waals surface area contributed by atoms with E-state index >= 15 is 0 Å². The highest BCUT2D eigenvalue weighted by molar-refractivity contribution is 6.31. The average molecular weight is 171 g/mol. The van der Waals surface area contributed by atoms with E-state index in [-0.39, 0.29) is 6.61 Å². The van der Waals surface area contributed by atoms with Crippen molar-refractivity contribution in [3.8, 4) is 0 Å². The molecule has 0 saturated heterocycles. The molecule has 0 aromatic carbocycles. The molecule has 1 aromatic heterocycles. The number of pyridine rings is 1. The number of aromatic amines is 1. The largest absolute Gasteiger partial charge is 0.391 e. The predicted molar refractivity (Wildman–Crippen MR) is 43.9 cm³/mol. The van der Waals surface area contributed by atoms with E-state index in [1.807, 2.05) is 18.2 Å². The molecule has 0 amide bonds. The summed E-state index contributed by atoms with van der Waals surface area (Å²) in [6, 6.07) is 5.64. The van der Waals surface area contributed by atoms with Crippen molar-refractivity contribution >= 4 is 17.7 Å². The first kappa shape index (κ1) is 8.24. The van der Waals surface area contributed by atoms with Gasteiger partial charge in [0.25, 0.3) is 0 Å². The monoisotopic (exact) mass is 170 g/mol. The molecule has 2 nitrogen and oxygen atoms in total. The molecule has 1 aromatic rings. The summed E-state index contributed by atoms with van der Waals surface area (Å²) in [5.74, 6) is 0. The molecule has 0 radical (unpaired) electrons. The van der Waals surface area contributed by atoms with Crippen LogP contribution in [0.25, 0.3) is 6.08 Å². The standard InChI is InChI=1S/C8H8ClNO/c9-7(6-11)5-8-3-1-2-4-10-8/h1-5,11H,6H2/p+1/b7-5-. The summed E-state index contributed by atoms with van der Waals surface area (Å²) in [5, 5.41) is 9.01. The minimum atomic E-state index is -0.121. The Kier molecular flexibility index (Phi) is 3.08. The fourth-order valence-electron chi connectivity index (χ4n) is 0.711. The van der Waals surface area contributed by atoms with Crippen molar-refractivity contribution in [2.24, 2.45) is 0 Å². The maximum absolute atomic E-state index is 8.58. The van der Waals surface area contributed by atoms with Crippen LogP contribution < -0.4 is 4.98 Å². The van der Waals surface area contributed by atoms with Crippen molar-refractivity contribution in [3.63, 3.8) is 0 Å². The number of nitrogens with one attached hydrogen (secondary N) is 1. The van der Waals surface area contributed by atoms with Gasteiger partial charge in [0, 0.05) is 18.2 Å². The minimum absolute atomic E-state index is 0.121. The van der Waals surface area contributed by atoms with Crippen molar-refractivity contribution in [1.29, 1.82) is 0 Å². The van der Waals surface area contributed by atoms with Gasteiger partial charge in [-0.2, -0.15) is 0 Å². The number of rotatable bonds is 2. The van der Waals surface area contributed by atoms with E-state index in [0.29, 0.717) is 5.03 Å². The lowest BCUT2D eigenvalue weighted by atomic mass is 10.3. The van der Waals surface area contributed by atoms with Gasteiger partial charge < -0.3 is 5.11 Å². The first-order valence-corrected chi connectivity index (χ1v) is 3.64. The predicted octanol–water partition coefficient (Wildman–Crippen LogP) is 1.07. The molecular formula is C8H9ClNO+. The molecule has 58 valence electrons. The summed E-state index contributed by atoms with van der Waals surface area (Å²) in [4.78, 5) is 2.96. The third-order valence-corrected chi connectivity index (χ3v) is 1.42. The summed E-state index contributed by atoms with van der Waals surface area (Å²) < 4.78 is 0. The summed E-state index contributed by atoms with van der Waals surface area (Å²) in [6.07, 6.45) is 3.48. The summed E-state index contributed by atoms with van der Waals surface area (Å²) >= 11 is 5.59. The van der Waals surface area contributed by atoms with Gasteiger partial charge in [0.05, 0.1) is 11.6 Å². The van der Waals surface area contributed by atoms with Crippen molar-refractivity contribution in [3.05, 3.63) is 35.1 Å².